The third-order valence-electron chi connectivity index (χ3n) is 2.78. The van der Waals surface area contributed by atoms with Gasteiger partial charge in [0.05, 0.1) is 0 Å². The molecule has 0 saturated carbocycles. The van der Waals surface area contributed by atoms with Crippen molar-refractivity contribution in [2.24, 2.45) is 0 Å². The van der Waals surface area contributed by atoms with Crippen molar-refractivity contribution >= 4 is 5.78 Å². The predicted octanol–water partition coefficient (Wildman–Crippen LogP) is 2.02. The van der Waals surface area contributed by atoms with Gasteiger partial charge in [-0.15, -0.1) is 0 Å². The van der Waals surface area contributed by atoms with E-state index in [4.69, 9.17) is 0 Å². The predicted molar refractivity (Wildman–Crippen MR) is 69.8 cm³/mol. The van der Waals surface area contributed by atoms with E-state index in [0.717, 1.165) is 38.9 Å². The molecule has 0 aliphatic carbocycles. The number of carbonyl (C=O) groups is 1. The van der Waals surface area contributed by atoms with Gasteiger partial charge in [0.1, 0.15) is 5.78 Å². The van der Waals surface area contributed by atoms with Crippen LogP contribution in [0, 0.1) is 0 Å². The summed E-state index contributed by atoms with van der Waals surface area (Å²) in [7, 11) is 4.23. The lowest BCUT2D eigenvalue weighted by Crippen LogP contribution is -2.28. The summed E-state index contributed by atoms with van der Waals surface area (Å²) in [4.78, 5) is 15.5. The summed E-state index contributed by atoms with van der Waals surface area (Å²) in [6.45, 7) is 8.47. The Hall–Kier alpha value is -0.410. The molecule has 0 N–H and O–H groups in total. The third kappa shape index (κ3) is 10.1. The second-order valence-electron chi connectivity index (χ2n) is 4.75. The molecular formula is C13H28N2O. The highest BCUT2D eigenvalue weighted by Gasteiger charge is 2.02. The SMILES string of the molecule is CCN(CCCCC(C)=O)CCCN(C)C. The Morgan fingerprint density at radius 3 is 2.12 bits per heavy atom. The fourth-order valence-corrected chi connectivity index (χ4v) is 1.75. The van der Waals surface area contributed by atoms with Crippen LogP contribution in [0.15, 0.2) is 0 Å². The quantitative estimate of drug-likeness (QED) is 0.534. The zero-order chi connectivity index (χ0) is 12.4. The molecule has 0 aromatic carbocycles. The number of hydrogen-bond acceptors (Lipinski definition) is 3. The molecule has 0 heterocycles. The smallest absolute Gasteiger partial charge is 0.129 e. The molecule has 0 aromatic heterocycles. The van der Waals surface area contributed by atoms with Gasteiger partial charge in [-0.3, -0.25) is 0 Å². The van der Waals surface area contributed by atoms with E-state index in [1.807, 2.05) is 0 Å². The summed E-state index contributed by atoms with van der Waals surface area (Å²) in [5.41, 5.74) is 0. The van der Waals surface area contributed by atoms with Crippen LogP contribution in [0.3, 0.4) is 0 Å². The highest BCUT2D eigenvalue weighted by Crippen LogP contribution is 2.00. The maximum absolute atomic E-state index is 10.8. The highest BCUT2D eigenvalue weighted by molar-refractivity contribution is 5.75. The molecule has 0 aliphatic rings. The molecule has 0 spiro atoms. The van der Waals surface area contributed by atoms with Crippen LogP contribution in [-0.4, -0.2) is 55.9 Å². The molecular weight excluding hydrogens is 200 g/mol. The lowest BCUT2D eigenvalue weighted by molar-refractivity contribution is -0.117. The Bertz CT molecular complexity index is 181. The minimum Gasteiger partial charge on any atom is -0.309 e. The fourth-order valence-electron chi connectivity index (χ4n) is 1.75. The van der Waals surface area contributed by atoms with Gasteiger partial charge in [0.15, 0.2) is 0 Å². The molecule has 0 saturated heterocycles. The van der Waals surface area contributed by atoms with E-state index in [9.17, 15) is 4.79 Å². The van der Waals surface area contributed by atoms with Gasteiger partial charge in [-0.2, -0.15) is 0 Å². The normalized spacial score (nSPS) is 11.4. The summed E-state index contributed by atoms with van der Waals surface area (Å²) in [5.74, 6) is 0.315. The van der Waals surface area contributed by atoms with Crippen molar-refractivity contribution in [3.05, 3.63) is 0 Å². The number of ketones is 1. The summed E-state index contributed by atoms with van der Waals surface area (Å²) < 4.78 is 0. The molecule has 16 heavy (non-hydrogen) atoms. The van der Waals surface area contributed by atoms with Crippen molar-refractivity contribution in [2.75, 3.05) is 40.3 Å². The maximum atomic E-state index is 10.8. The van der Waals surface area contributed by atoms with Gasteiger partial charge in [0.25, 0.3) is 0 Å². The molecule has 0 amide bonds. The summed E-state index contributed by atoms with van der Waals surface area (Å²) >= 11 is 0. The van der Waals surface area contributed by atoms with Gasteiger partial charge in [-0.05, 0) is 66.5 Å². The van der Waals surface area contributed by atoms with Gasteiger partial charge in [0, 0.05) is 6.42 Å². The van der Waals surface area contributed by atoms with Gasteiger partial charge in [0.2, 0.25) is 0 Å². The monoisotopic (exact) mass is 228 g/mol. The average Bonchev–Trinajstić information content (AvgIpc) is 2.20. The lowest BCUT2D eigenvalue weighted by atomic mass is 10.2. The van der Waals surface area contributed by atoms with Crippen LogP contribution in [0.2, 0.25) is 0 Å². The molecule has 0 rings (SSSR count). The molecule has 3 nitrogen and oxygen atoms in total. The molecule has 0 atom stereocenters. The third-order valence-corrected chi connectivity index (χ3v) is 2.78. The number of unbranched alkanes of at least 4 members (excludes halogenated alkanes) is 1. The Labute approximate surface area is 101 Å². The van der Waals surface area contributed by atoms with Gasteiger partial charge >= 0.3 is 0 Å². The number of nitrogens with zero attached hydrogens (tertiary/aromatic N) is 2. The number of carbonyl (C=O) groups excluding carboxylic acids is 1. The molecule has 0 fully saturated rings. The number of hydrogen-bond donors (Lipinski definition) is 0. The highest BCUT2D eigenvalue weighted by atomic mass is 16.1. The van der Waals surface area contributed by atoms with E-state index in [1.165, 1.54) is 13.0 Å². The first-order valence-electron chi connectivity index (χ1n) is 6.42. The van der Waals surface area contributed by atoms with Crippen LogP contribution in [0.4, 0.5) is 0 Å². The molecule has 0 aliphatic heterocycles. The van der Waals surface area contributed by atoms with Gasteiger partial charge in [-0.1, -0.05) is 6.92 Å². The molecule has 0 unspecified atom stereocenters. The van der Waals surface area contributed by atoms with Crippen molar-refractivity contribution in [3.8, 4) is 0 Å². The molecule has 3 heteroatoms. The Kier molecular flexibility index (Phi) is 9.54. The summed E-state index contributed by atoms with van der Waals surface area (Å²) in [6, 6.07) is 0. The van der Waals surface area contributed by atoms with Crippen molar-refractivity contribution in [1.29, 1.82) is 0 Å². The summed E-state index contributed by atoms with van der Waals surface area (Å²) in [5, 5.41) is 0. The Morgan fingerprint density at radius 2 is 1.62 bits per heavy atom. The topological polar surface area (TPSA) is 23.6 Å². The van der Waals surface area contributed by atoms with E-state index in [0.29, 0.717) is 5.78 Å². The van der Waals surface area contributed by atoms with Crippen molar-refractivity contribution in [1.82, 2.24) is 9.80 Å². The molecule has 0 radical (unpaired) electrons. The maximum Gasteiger partial charge on any atom is 0.129 e. The molecule has 96 valence electrons. The first-order valence-corrected chi connectivity index (χ1v) is 6.42. The van der Waals surface area contributed by atoms with E-state index in [2.05, 4.69) is 30.8 Å². The second-order valence-corrected chi connectivity index (χ2v) is 4.75. The van der Waals surface area contributed by atoms with Gasteiger partial charge in [-0.25, -0.2) is 0 Å². The number of Topliss-reactive ketones (excluding diaryl/α,β-unsaturated/α-hetero) is 1. The largest absolute Gasteiger partial charge is 0.309 e. The lowest BCUT2D eigenvalue weighted by Gasteiger charge is -2.21. The van der Waals surface area contributed by atoms with Crippen LogP contribution in [0.5, 0.6) is 0 Å². The van der Waals surface area contributed by atoms with Crippen molar-refractivity contribution in [2.45, 2.75) is 39.5 Å². The molecule has 0 bridgehead atoms. The van der Waals surface area contributed by atoms with E-state index >= 15 is 0 Å². The fraction of sp³-hybridized carbons (Fsp3) is 0.923. The van der Waals surface area contributed by atoms with E-state index < -0.39 is 0 Å². The standard InChI is InChI=1S/C13H28N2O/c1-5-15(12-8-10-14(3)4)11-7-6-9-13(2)16/h5-12H2,1-4H3. The zero-order valence-electron chi connectivity index (χ0n) is 11.5. The van der Waals surface area contributed by atoms with Crippen LogP contribution in [-0.2, 0) is 4.79 Å². The first-order chi connectivity index (χ1) is 7.56. The van der Waals surface area contributed by atoms with Crippen molar-refractivity contribution < 1.29 is 4.79 Å². The van der Waals surface area contributed by atoms with Gasteiger partial charge < -0.3 is 14.6 Å². The minimum atomic E-state index is 0.315. The zero-order valence-corrected chi connectivity index (χ0v) is 11.5. The Morgan fingerprint density at radius 1 is 1.00 bits per heavy atom. The van der Waals surface area contributed by atoms with Crippen LogP contribution < -0.4 is 0 Å². The summed E-state index contributed by atoms with van der Waals surface area (Å²) in [6.07, 6.45) is 4.16. The van der Waals surface area contributed by atoms with Crippen LogP contribution in [0.25, 0.3) is 0 Å². The van der Waals surface area contributed by atoms with E-state index in [-0.39, 0.29) is 0 Å². The molecule has 0 aromatic rings. The van der Waals surface area contributed by atoms with Crippen LogP contribution in [0.1, 0.15) is 39.5 Å². The number of rotatable bonds is 10. The van der Waals surface area contributed by atoms with Crippen molar-refractivity contribution in [3.63, 3.8) is 0 Å². The minimum absolute atomic E-state index is 0.315. The first kappa shape index (κ1) is 15.6. The second kappa shape index (κ2) is 9.79. The Balaban J connectivity index is 3.47. The average molecular weight is 228 g/mol. The van der Waals surface area contributed by atoms with Crippen LogP contribution >= 0.6 is 0 Å². The van der Waals surface area contributed by atoms with E-state index in [1.54, 1.807) is 6.92 Å².